The highest BCUT2D eigenvalue weighted by atomic mass is 35.5. The standard InChI is InChI=1S/C12H15Cl2NO2/c1-2-3-4-7-17-12(16)10-8(13)5-6-9(14)11(10)15/h5-6H,2-4,7,15H2,1H3. The number of ether oxygens (including phenoxy) is 1. The van der Waals surface area contributed by atoms with Crippen LogP contribution in [0.15, 0.2) is 12.1 Å². The van der Waals surface area contributed by atoms with Gasteiger partial charge in [0.05, 0.1) is 22.3 Å². The van der Waals surface area contributed by atoms with Crippen LogP contribution in [0, 0.1) is 0 Å². The molecule has 0 spiro atoms. The Morgan fingerprint density at radius 1 is 1.29 bits per heavy atom. The number of rotatable bonds is 5. The van der Waals surface area contributed by atoms with Crippen molar-refractivity contribution in [3.05, 3.63) is 27.7 Å². The average Bonchev–Trinajstić information content (AvgIpc) is 2.30. The monoisotopic (exact) mass is 275 g/mol. The first-order valence-electron chi connectivity index (χ1n) is 5.48. The molecule has 0 unspecified atom stereocenters. The molecule has 0 aliphatic rings. The van der Waals surface area contributed by atoms with Gasteiger partial charge >= 0.3 is 5.97 Å². The Hall–Kier alpha value is -0.930. The van der Waals surface area contributed by atoms with Crippen LogP contribution >= 0.6 is 23.2 Å². The number of carbonyl (C=O) groups excluding carboxylic acids is 1. The second kappa shape index (κ2) is 6.72. The SMILES string of the molecule is CCCCCOC(=O)c1c(Cl)ccc(Cl)c1N. The van der Waals surface area contributed by atoms with Gasteiger partial charge in [-0.15, -0.1) is 0 Å². The van der Waals surface area contributed by atoms with Gasteiger partial charge in [-0.2, -0.15) is 0 Å². The summed E-state index contributed by atoms with van der Waals surface area (Å²) in [6.07, 6.45) is 2.92. The second-order valence-electron chi connectivity index (χ2n) is 3.66. The van der Waals surface area contributed by atoms with E-state index in [2.05, 4.69) is 6.92 Å². The third-order valence-electron chi connectivity index (χ3n) is 2.33. The maximum Gasteiger partial charge on any atom is 0.341 e. The molecule has 1 rings (SSSR count). The molecule has 0 heterocycles. The van der Waals surface area contributed by atoms with Crippen molar-refractivity contribution in [1.82, 2.24) is 0 Å². The number of esters is 1. The van der Waals surface area contributed by atoms with Crippen molar-refractivity contribution in [1.29, 1.82) is 0 Å². The zero-order chi connectivity index (χ0) is 12.8. The summed E-state index contributed by atoms with van der Waals surface area (Å²) in [6.45, 7) is 2.45. The number of hydrogen-bond donors (Lipinski definition) is 1. The van der Waals surface area contributed by atoms with E-state index >= 15 is 0 Å². The Labute approximate surface area is 111 Å². The quantitative estimate of drug-likeness (QED) is 0.503. The van der Waals surface area contributed by atoms with E-state index in [1.54, 1.807) is 6.07 Å². The number of nitrogens with two attached hydrogens (primary N) is 1. The molecule has 0 bridgehead atoms. The first-order valence-corrected chi connectivity index (χ1v) is 6.24. The van der Waals surface area contributed by atoms with Crippen LogP contribution in [0.2, 0.25) is 10.0 Å². The van der Waals surface area contributed by atoms with Crippen molar-refractivity contribution in [2.75, 3.05) is 12.3 Å². The van der Waals surface area contributed by atoms with E-state index in [1.165, 1.54) is 6.07 Å². The topological polar surface area (TPSA) is 52.3 Å². The fourth-order valence-corrected chi connectivity index (χ4v) is 1.76. The minimum absolute atomic E-state index is 0.149. The molecule has 0 aliphatic carbocycles. The average molecular weight is 276 g/mol. The Morgan fingerprint density at radius 2 is 1.94 bits per heavy atom. The maximum atomic E-state index is 11.8. The number of carbonyl (C=O) groups is 1. The largest absolute Gasteiger partial charge is 0.462 e. The van der Waals surface area contributed by atoms with Gasteiger partial charge in [0.25, 0.3) is 0 Å². The van der Waals surface area contributed by atoms with E-state index in [-0.39, 0.29) is 16.3 Å². The molecular formula is C12H15Cl2NO2. The zero-order valence-electron chi connectivity index (χ0n) is 9.63. The lowest BCUT2D eigenvalue weighted by Crippen LogP contribution is -2.10. The molecule has 0 aliphatic heterocycles. The molecule has 0 saturated carbocycles. The van der Waals surface area contributed by atoms with Gasteiger partial charge in [-0.25, -0.2) is 4.79 Å². The predicted octanol–water partition coefficient (Wildman–Crippen LogP) is 3.92. The van der Waals surface area contributed by atoms with E-state index < -0.39 is 5.97 Å². The Kier molecular flexibility index (Phi) is 5.59. The Morgan fingerprint density at radius 3 is 2.59 bits per heavy atom. The predicted molar refractivity (Wildman–Crippen MR) is 70.7 cm³/mol. The van der Waals surface area contributed by atoms with Gasteiger partial charge in [0, 0.05) is 0 Å². The van der Waals surface area contributed by atoms with Gasteiger partial charge in [-0.3, -0.25) is 0 Å². The van der Waals surface area contributed by atoms with Gasteiger partial charge in [0.1, 0.15) is 5.56 Å². The summed E-state index contributed by atoms with van der Waals surface area (Å²) in [6, 6.07) is 3.08. The van der Waals surface area contributed by atoms with Crippen LogP contribution in [0.5, 0.6) is 0 Å². The molecule has 1 aromatic carbocycles. The molecule has 0 atom stereocenters. The van der Waals surface area contributed by atoms with E-state index in [0.29, 0.717) is 11.6 Å². The highest BCUT2D eigenvalue weighted by Crippen LogP contribution is 2.29. The number of hydrogen-bond acceptors (Lipinski definition) is 3. The molecule has 3 nitrogen and oxygen atoms in total. The Balaban J connectivity index is 2.72. The number of benzene rings is 1. The van der Waals surface area contributed by atoms with Crippen LogP contribution in [0.3, 0.4) is 0 Å². The lowest BCUT2D eigenvalue weighted by molar-refractivity contribution is 0.0499. The number of halogens is 2. The third-order valence-corrected chi connectivity index (χ3v) is 2.97. The van der Waals surface area contributed by atoms with Crippen molar-refractivity contribution in [2.24, 2.45) is 0 Å². The van der Waals surface area contributed by atoms with E-state index in [0.717, 1.165) is 19.3 Å². The minimum Gasteiger partial charge on any atom is -0.462 e. The number of nitrogen functional groups attached to an aromatic ring is 1. The summed E-state index contributed by atoms with van der Waals surface area (Å²) < 4.78 is 5.08. The summed E-state index contributed by atoms with van der Waals surface area (Å²) in [7, 11) is 0. The van der Waals surface area contributed by atoms with Crippen molar-refractivity contribution < 1.29 is 9.53 Å². The summed E-state index contributed by atoms with van der Waals surface area (Å²) in [5, 5.41) is 0.558. The van der Waals surface area contributed by atoms with Gasteiger partial charge in [0.2, 0.25) is 0 Å². The van der Waals surface area contributed by atoms with Gasteiger partial charge < -0.3 is 10.5 Å². The molecule has 0 saturated heterocycles. The normalized spacial score (nSPS) is 10.3. The van der Waals surface area contributed by atoms with Gasteiger partial charge in [-0.05, 0) is 18.6 Å². The first kappa shape index (κ1) is 14.1. The summed E-state index contributed by atoms with van der Waals surface area (Å²) in [5.74, 6) is -0.522. The smallest absolute Gasteiger partial charge is 0.341 e. The summed E-state index contributed by atoms with van der Waals surface area (Å²) >= 11 is 11.7. The molecule has 1 aromatic rings. The van der Waals surface area contributed by atoms with Crippen LogP contribution in [0.25, 0.3) is 0 Å². The molecule has 0 amide bonds. The lowest BCUT2D eigenvalue weighted by atomic mass is 10.2. The number of anilines is 1. The molecule has 17 heavy (non-hydrogen) atoms. The Bertz CT molecular complexity index is 408. The minimum atomic E-state index is -0.522. The van der Waals surface area contributed by atoms with Crippen LogP contribution < -0.4 is 5.73 Å². The van der Waals surface area contributed by atoms with Crippen LogP contribution in [0.4, 0.5) is 5.69 Å². The third kappa shape index (κ3) is 3.79. The molecular weight excluding hydrogens is 261 g/mol. The van der Waals surface area contributed by atoms with Crippen molar-refractivity contribution in [3.63, 3.8) is 0 Å². The molecule has 2 N–H and O–H groups in total. The zero-order valence-corrected chi connectivity index (χ0v) is 11.1. The van der Waals surface area contributed by atoms with Gasteiger partial charge in [0.15, 0.2) is 0 Å². The molecule has 0 aromatic heterocycles. The second-order valence-corrected chi connectivity index (χ2v) is 4.48. The molecule has 0 radical (unpaired) electrons. The summed E-state index contributed by atoms with van der Waals surface area (Å²) in [5.41, 5.74) is 6.01. The van der Waals surface area contributed by atoms with Crippen LogP contribution in [-0.2, 0) is 4.74 Å². The highest BCUT2D eigenvalue weighted by molar-refractivity contribution is 6.38. The molecule has 0 fully saturated rings. The fraction of sp³-hybridized carbons (Fsp3) is 0.417. The van der Waals surface area contributed by atoms with E-state index in [4.69, 9.17) is 33.7 Å². The van der Waals surface area contributed by atoms with Crippen molar-refractivity contribution in [2.45, 2.75) is 26.2 Å². The highest BCUT2D eigenvalue weighted by Gasteiger charge is 2.17. The fourth-order valence-electron chi connectivity index (χ4n) is 1.36. The maximum absolute atomic E-state index is 11.8. The number of unbranched alkanes of at least 4 members (excludes halogenated alkanes) is 2. The van der Waals surface area contributed by atoms with Gasteiger partial charge in [-0.1, -0.05) is 43.0 Å². The van der Waals surface area contributed by atoms with Crippen LogP contribution in [-0.4, -0.2) is 12.6 Å². The van der Waals surface area contributed by atoms with E-state index in [9.17, 15) is 4.79 Å². The van der Waals surface area contributed by atoms with Crippen molar-refractivity contribution in [3.8, 4) is 0 Å². The van der Waals surface area contributed by atoms with E-state index in [1.807, 2.05) is 0 Å². The molecule has 94 valence electrons. The van der Waals surface area contributed by atoms with Crippen LogP contribution in [0.1, 0.15) is 36.5 Å². The molecule has 5 heteroatoms. The summed E-state index contributed by atoms with van der Waals surface area (Å²) in [4.78, 5) is 11.8. The first-order chi connectivity index (χ1) is 8.07. The lowest BCUT2D eigenvalue weighted by Gasteiger charge is -2.09. The van der Waals surface area contributed by atoms with Crippen molar-refractivity contribution >= 4 is 34.9 Å².